The van der Waals surface area contributed by atoms with Gasteiger partial charge in [-0.3, -0.25) is 19.0 Å². The van der Waals surface area contributed by atoms with Crippen molar-refractivity contribution in [2.45, 2.75) is 89.4 Å². The number of aliphatic hydroxyl groups excluding tert-OH is 1. The van der Waals surface area contributed by atoms with Crippen LogP contribution in [0.5, 0.6) is 0 Å². The summed E-state index contributed by atoms with van der Waals surface area (Å²) < 4.78 is 1.37. The maximum Gasteiger partial charge on any atom is 0.334 e. The number of aromatic nitrogens is 2. The van der Waals surface area contributed by atoms with Gasteiger partial charge in [-0.25, -0.2) is 9.78 Å². The Balaban J connectivity index is 1.53. The maximum absolute atomic E-state index is 13.8. The number of rotatable bonds is 13. The molecule has 1 fully saturated rings. The molecule has 1 aliphatic heterocycles. The summed E-state index contributed by atoms with van der Waals surface area (Å²) in [4.78, 5) is 56.4. The van der Waals surface area contributed by atoms with Gasteiger partial charge in [-0.15, -0.1) is 0 Å². The van der Waals surface area contributed by atoms with E-state index in [0.29, 0.717) is 18.8 Å². The average Bonchev–Trinajstić information content (AvgIpc) is 3.54. The molecule has 0 bridgehead atoms. The summed E-state index contributed by atoms with van der Waals surface area (Å²) in [5.74, 6) is -3.00. The molecule has 2 aromatic rings. The SMILES string of the molecule is CC(C)CC(NC(=O)C(Cc1ccccc1)C1Nc2nccn2C1=O)C(=O)NC(CC1CCCCC1)C(O)C(=O)O. The van der Waals surface area contributed by atoms with Crippen LogP contribution in [0.15, 0.2) is 42.7 Å². The number of carbonyl (C=O) groups is 4. The molecule has 11 nitrogen and oxygen atoms in total. The first-order valence-electron chi connectivity index (χ1n) is 14.5. The van der Waals surface area contributed by atoms with Gasteiger partial charge < -0.3 is 26.2 Å². The molecule has 0 spiro atoms. The quantitative estimate of drug-likeness (QED) is 0.247. The van der Waals surface area contributed by atoms with Gasteiger partial charge in [0, 0.05) is 12.4 Å². The van der Waals surface area contributed by atoms with Gasteiger partial charge in [0.05, 0.1) is 12.0 Å². The monoisotopic (exact) mass is 567 g/mol. The van der Waals surface area contributed by atoms with Crippen molar-refractivity contribution in [3.63, 3.8) is 0 Å². The predicted octanol–water partition coefficient (Wildman–Crippen LogP) is 2.61. The van der Waals surface area contributed by atoms with E-state index in [0.717, 1.165) is 37.7 Å². The lowest BCUT2D eigenvalue weighted by molar-refractivity contribution is -0.149. The molecule has 5 unspecified atom stereocenters. The van der Waals surface area contributed by atoms with Crippen molar-refractivity contribution in [2.24, 2.45) is 17.8 Å². The third kappa shape index (κ3) is 7.72. The third-order valence-corrected chi connectivity index (χ3v) is 8.08. The first-order valence-corrected chi connectivity index (χ1v) is 14.5. The molecule has 2 heterocycles. The second-order valence-electron chi connectivity index (χ2n) is 11.7. The zero-order valence-corrected chi connectivity index (χ0v) is 23.7. The van der Waals surface area contributed by atoms with E-state index in [4.69, 9.17) is 0 Å². The number of imidazole rings is 1. The van der Waals surface area contributed by atoms with E-state index < -0.39 is 47.9 Å². The van der Waals surface area contributed by atoms with Crippen LogP contribution in [0.2, 0.25) is 0 Å². The minimum absolute atomic E-state index is 0.0241. The summed E-state index contributed by atoms with van der Waals surface area (Å²) >= 11 is 0. The number of nitrogens with one attached hydrogen (secondary N) is 3. The Bertz CT molecular complexity index is 1210. The van der Waals surface area contributed by atoms with E-state index in [9.17, 15) is 29.4 Å². The molecule has 0 radical (unpaired) electrons. The minimum atomic E-state index is -1.76. The number of fused-ring (bicyclic) bond motifs is 1. The van der Waals surface area contributed by atoms with Gasteiger partial charge in [0.1, 0.15) is 12.1 Å². The first kappa shape index (κ1) is 30.2. The van der Waals surface area contributed by atoms with Crippen molar-refractivity contribution >= 4 is 29.6 Å². The molecule has 0 saturated heterocycles. The lowest BCUT2D eigenvalue weighted by Gasteiger charge is -2.31. The van der Waals surface area contributed by atoms with Gasteiger partial charge in [-0.05, 0) is 36.7 Å². The van der Waals surface area contributed by atoms with Crippen LogP contribution in [0.25, 0.3) is 0 Å². The van der Waals surface area contributed by atoms with Crippen LogP contribution >= 0.6 is 0 Å². The highest BCUT2D eigenvalue weighted by atomic mass is 16.4. The Morgan fingerprint density at radius 1 is 1.07 bits per heavy atom. The van der Waals surface area contributed by atoms with E-state index >= 15 is 0 Å². The highest BCUT2D eigenvalue weighted by Gasteiger charge is 2.41. The Hall–Kier alpha value is -3.73. The average molecular weight is 568 g/mol. The van der Waals surface area contributed by atoms with Crippen LogP contribution in [0.1, 0.15) is 69.2 Å². The highest BCUT2D eigenvalue weighted by molar-refractivity contribution is 5.98. The van der Waals surface area contributed by atoms with Crippen LogP contribution in [-0.4, -0.2) is 67.7 Å². The van der Waals surface area contributed by atoms with Gasteiger partial charge in [0.2, 0.25) is 17.8 Å². The summed E-state index contributed by atoms with van der Waals surface area (Å²) in [6.07, 6.45) is 7.22. The second-order valence-corrected chi connectivity index (χ2v) is 11.7. The molecule has 1 aromatic heterocycles. The Labute approximate surface area is 240 Å². The fourth-order valence-corrected chi connectivity index (χ4v) is 5.93. The van der Waals surface area contributed by atoms with E-state index in [1.165, 1.54) is 17.0 Å². The molecular formula is C30H41N5O6. The van der Waals surface area contributed by atoms with Crippen LogP contribution in [0, 0.1) is 17.8 Å². The fourth-order valence-electron chi connectivity index (χ4n) is 5.93. The number of carboxylic acid groups (broad SMARTS) is 1. The van der Waals surface area contributed by atoms with Crippen molar-refractivity contribution < 1.29 is 29.4 Å². The van der Waals surface area contributed by atoms with E-state index in [1.54, 1.807) is 0 Å². The fraction of sp³-hybridized carbons (Fsp3) is 0.567. The van der Waals surface area contributed by atoms with Crippen molar-refractivity contribution in [3.05, 3.63) is 48.3 Å². The molecule has 222 valence electrons. The van der Waals surface area contributed by atoms with Crippen molar-refractivity contribution in [2.75, 3.05) is 5.32 Å². The molecular weight excluding hydrogens is 526 g/mol. The molecule has 1 aliphatic carbocycles. The lowest BCUT2D eigenvalue weighted by atomic mass is 9.83. The first-order chi connectivity index (χ1) is 19.6. The van der Waals surface area contributed by atoms with Gasteiger partial charge in [-0.2, -0.15) is 0 Å². The van der Waals surface area contributed by atoms with Crippen molar-refractivity contribution in [1.29, 1.82) is 0 Å². The molecule has 11 heteroatoms. The Morgan fingerprint density at radius 2 is 1.78 bits per heavy atom. The summed E-state index contributed by atoms with van der Waals surface area (Å²) in [6.45, 7) is 3.83. The number of hydrogen-bond acceptors (Lipinski definition) is 7. The number of nitrogens with zero attached hydrogens (tertiary/aromatic N) is 2. The van der Waals surface area contributed by atoms with Gasteiger partial charge in [-0.1, -0.05) is 76.3 Å². The van der Waals surface area contributed by atoms with Crippen LogP contribution in [0.3, 0.4) is 0 Å². The van der Waals surface area contributed by atoms with Crippen LogP contribution < -0.4 is 16.0 Å². The Morgan fingerprint density at radius 3 is 2.41 bits per heavy atom. The van der Waals surface area contributed by atoms with Crippen molar-refractivity contribution in [1.82, 2.24) is 20.2 Å². The predicted molar refractivity (Wildman–Crippen MR) is 152 cm³/mol. The Kier molecular flexibility index (Phi) is 10.1. The number of carboxylic acids is 1. The van der Waals surface area contributed by atoms with E-state index in [1.807, 2.05) is 44.2 Å². The minimum Gasteiger partial charge on any atom is -0.479 e. The van der Waals surface area contributed by atoms with Crippen LogP contribution in [-0.2, 0) is 20.8 Å². The zero-order valence-electron chi connectivity index (χ0n) is 23.7. The molecule has 41 heavy (non-hydrogen) atoms. The molecule has 5 atom stereocenters. The van der Waals surface area contributed by atoms with Crippen LogP contribution in [0.4, 0.5) is 5.95 Å². The van der Waals surface area contributed by atoms with Gasteiger partial charge in [0.25, 0.3) is 5.91 Å². The second kappa shape index (κ2) is 13.8. The summed E-state index contributed by atoms with van der Waals surface area (Å²) in [7, 11) is 0. The highest BCUT2D eigenvalue weighted by Crippen LogP contribution is 2.28. The number of amides is 2. The normalized spacial score (nSPS) is 20.0. The van der Waals surface area contributed by atoms with E-state index in [2.05, 4.69) is 20.9 Å². The molecule has 1 saturated carbocycles. The van der Waals surface area contributed by atoms with Crippen molar-refractivity contribution in [3.8, 4) is 0 Å². The number of aliphatic carboxylic acids is 1. The number of carbonyl (C=O) groups excluding carboxylic acids is 3. The van der Waals surface area contributed by atoms with Gasteiger partial charge in [0.15, 0.2) is 6.10 Å². The number of aliphatic hydroxyl groups is 1. The number of hydrogen-bond donors (Lipinski definition) is 5. The van der Waals surface area contributed by atoms with Gasteiger partial charge >= 0.3 is 5.97 Å². The molecule has 1 aromatic carbocycles. The lowest BCUT2D eigenvalue weighted by Crippen LogP contribution is -2.56. The smallest absolute Gasteiger partial charge is 0.334 e. The molecule has 2 aliphatic rings. The largest absolute Gasteiger partial charge is 0.479 e. The summed E-state index contributed by atoms with van der Waals surface area (Å²) in [6, 6.07) is 6.48. The maximum atomic E-state index is 13.8. The van der Waals surface area contributed by atoms with E-state index in [-0.39, 0.29) is 24.2 Å². The standard InChI is InChI=1S/C30H41N5O6/c1-18(2)15-23(27(38)32-22(25(36)29(40)41)17-20-11-7-4-8-12-20)33-26(37)21(16-19-9-5-3-6-10-19)24-28(39)35-14-13-31-30(35)34-24/h3,5-6,9-10,13-14,18,20-25,36H,4,7-8,11-12,15-17H2,1-2H3,(H,31,34)(H,32,38)(H,33,37)(H,40,41). The third-order valence-electron chi connectivity index (χ3n) is 8.08. The molecule has 5 N–H and O–H groups in total. The summed E-state index contributed by atoms with van der Waals surface area (Å²) in [5.41, 5.74) is 0.855. The molecule has 2 amide bonds. The molecule has 4 rings (SSSR count). The topological polar surface area (TPSA) is 163 Å². The number of benzene rings is 1. The zero-order chi connectivity index (χ0) is 29.5. The summed E-state index contributed by atoms with van der Waals surface area (Å²) in [5, 5.41) is 28.6. The number of anilines is 1.